The predicted molar refractivity (Wildman–Crippen MR) is 168 cm³/mol. The highest BCUT2D eigenvalue weighted by molar-refractivity contribution is 7.91. The molecule has 0 amide bonds. The fraction of sp³-hybridized carbons (Fsp3) is 0.0294. The van der Waals surface area contributed by atoms with Gasteiger partial charge in [-0.1, -0.05) is 53.7 Å². The van der Waals surface area contributed by atoms with Crippen LogP contribution in [0, 0.1) is 10.1 Å². The number of fused-ring (bicyclic) bond motifs is 3. The molecule has 0 aliphatic rings. The number of hydrogen-bond donors (Lipinski definition) is 0. The van der Waals surface area contributed by atoms with Crippen LogP contribution in [0.4, 0.5) is 5.69 Å². The lowest BCUT2D eigenvalue weighted by Crippen LogP contribution is -2.17. The maximum Gasteiger partial charge on any atom is 0.332 e. The molecular formula is C34H23N3O7S. The van der Waals surface area contributed by atoms with Crippen molar-refractivity contribution in [1.82, 2.24) is 4.57 Å². The largest absolute Gasteiger partial charge is 0.332 e. The standard InChI is InChI=1S/C34H23N3O7S/c1-22(38)44-35-33(23-8-4-2-5-9-23)34(39)24-12-18-31-29(20-24)30-21-28(45(42,43)27-10-6-3-7-11-27)17-19-32(30)36(31)25-13-15-26(16-14-25)37(40)41/h2-21H,1H3. The van der Waals surface area contributed by atoms with Gasteiger partial charge in [-0.05, 0) is 60.7 Å². The summed E-state index contributed by atoms with van der Waals surface area (Å²) in [6.45, 7) is 1.18. The van der Waals surface area contributed by atoms with Gasteiger partial charge >= 0.3 is 5.97 Å². The number of oxime groups is 1. The number of ketones is 1. The summed E-state index contributed by atoms with van der Waals surface area (Å²) in [5.41, 5.74) is 2.33. The Labute approximate surface area is 256 Å². The van der Waals surface area contributed by atoms with Crippen molar-refractivity contribution >= 4 is 54.8 Å². The molecule has 0 saturated heterocycles. The molecule has 6 rings (SSSR count). The van der Waals surface area contributed by atoms with E-state index in [0.717, 1.165) is 0 Å². The molecule has 0 fully saturated rings. The van der Waals surface area contributed by atoms with Gasteiger partial charge in [-0.15, -0.1) is 0 Å². The molecule has 5 aromatic carbocycles. The number of nitro groups is 1. The van der Waals surface area contributed by atoms with Crippen LogP contribution in [0.2, 0.25) is 0 Å². The Morgan fingerprint density at radius 2 is 1.33 bits per heavy atom. The first kappa shape index (κ1) is 29.1. The smallest absolute Gasteiger partial charge is 0.318 e. The molecule has 0 aliphatic carbocycles. The van der Waals surface area contributed by atoms with E-state index in [1.54, 1.807) is 91.0 Å². The minimum atomic E-state index is -3.88. The van der Waals surface area contributed by atoms with Gasteiger partial charge in [0.15, 0.2) is 5.71 Å². The van der Waals surface area contributed by atoms with E-state index >= 15 is 0 Å². The minimum absolute atomic E-state index is 0.0575. The average Bonchev–Trinajstić information content (AvgIpc) is 3.38. The number of hydrogen-bond acceptors (Lipinski definition) is 8. The fourth-order valence-electron chi connectivity index (χ4n) is 5.12. The van der Waals surface area contributed by atoms with Gasteiger partial charge in [0.25, 0.3) is 5.69 Å². The third kappa shape index (κ3) is 5.48. The summed E-state index contributed by atoms with van der Waals surface area (Å²) in [7, 11) is -3.88. The summed E-state index contributed by atoms with van der Waals surface area (Å²) < 4.78 is 29.0. The number of benzene rings is 5. The Bertz CT molecular complexity index is 2260. The topological polar surface area (TPSA) is 138 Å². The molecule has 0 atom stereocenters. The highest BCUT2D eigenvalue weighted by atomic mass is 32.2. The highest BCUT2D eigenvalue weighted by Crippen LogP contribution is 2.36. The molecule has 1 aromatic heterocycles. The summed E-state index contributed by atoms with van der Waals surface area (Å²) in [6, 6.07) is 32.3. The van der Waals surface area contributed by atoms with Crippen LogP contribution in [-0.2, 0) is 19.5 Å². The Kier molecular flexibility index (Phi) is 7.53. The van der Waals surface area contributed by atoms with Crippen molar-refractivity contribution in [2.75, 3.05) is 0 Å². The quantitative estimate of drug-likeness (QED) is 0.0611. The molecule has 45 heavy (non-hydrogen) atoms. The van der Waals surface area contributed by atoms with Gasteiger partial charge in [-0.3, -0.25) is 14.9 Å². The lowest BCUT2D eigenvalue weighted by atomic mass is 9.99. The highest BCUT2D eigenvalue weighted by Gasteiger charge is 2.23. The lowest BCUT2D eigenvalue weighted by molar-refractivity contribution is -0.384. The summed E-state index contributed by atoms with van der Waals surface area (Å²) in [6.07, 6.45) is 0. The first-order chi connectivity index (χ1) is 21.6. The second-order valence-corrected chi connectivity index (χ2v) is 12.0. The molecular weight excluding hydrogens is 594 g/mol. The van der Waals surface area contributed by atoms with Crippen LogP contribution in [0.5, 0.6) is 0 Å². The molecule has 222 valence electrons. The number of carbonyl (C=O) groups is 2. The fourth-order valence-corrected chi connectivity index (χ4v) is 6.42. The van der Waals surface area contributed by atoms with Gasteiger partial charge < -0.3 is 9.40 Å². The van der Waals surface area contributed by atoms with Crippen LogP contribution >= 0.6 is 0 Å². The van der Waals surface area contributed by atoms with Gasteiger partial charge in [0.2, 0.25) is 15.6 Å². The van der Waals surface area contributed by atoms with Crippen molar-refractivity contribution in [3.8, 4) is 5.69 Å². The van der Waals surface area contributed by atoms with E-state index in [2.05, 4.69) is 5.16 Å². The number of non-ortho nitro benzene ring substituents is 1. The van der Waals surface area contributed by atoms with Crippen molar-refractivity contribution < 1.29 is 27.8 Å². The predicted octanol–water partition coefficient (Wildman–Crippen LogP) is 6.67. The molecule has 0 unspecified atom stereocenters. The number of nitro benzene ring substituents is 1. The zero-order valence-electron chi connectivity index (χ0n) is 23.7. The third-order valence-electron chi connectivity index (χ3n) is 7.21. The molecule has 10 nitrogen and oxygen atoms in total. The number of aromatic nitrogens is 1. The molecule has 0 aliphatic heterocycles. The summed E-state index contributed by atoms with van der Waals surface area (Å²) in [5.74, 6) is -1.21. The van der Waals surface area contributed by atoms with Crippen molar-refractivity contribution in [2.45, 2.75) is 16.7 Å². The molecule has 11 heteroatoms. The molecule has 0 saturated carbocycles. The van der Waals surface area contributed by atoms with E-state index in [0.29, 0.717) is 33.1 Å². The molecule has 1 heterocycles. The Morgan fingerprint density at radius 1 is 0.733 bits per heavy atom. The van der Waals surface area contributed by atoms with Gasteiger partial charge in [0, 0.05) is 46.6 Å². The van der Waals surface area contributed by atoms with Crippen LogP contribution in [0.25, 0.3) is 27.5 Å². The molecule has 0 spiro atoms. The SMILES string of the molecule is CC(=O)ON=C(C(=O)c1ccc2c(c1)c1cc(S(=O)(=O)c3ccccc3)ccc1n2-c1ccc([N+](=O)[O-])cc1)c1ccccc1. The van der Waals surface area contributed by atoms with Gasteiger partial charge in [-0.25, -0.2) is 13.2 Å². The maximum absolute atomic E-state index is 13.8. The van der Waals surface area contributed by atoms with Crippen molar-refractivity contribution in [3.63, 3.8) is 0 Å². The van der Waals surface area contributed by atoms with Crippen LogP contribution in [0.15, 0.2) is 136 Å². The second-order valence-electron chi connectivity index (χ2n) is 10.1. The summed E-state index contributed by atoms with van der Waals surface area (Å²) >= 11 is 0. The second kappa shape index (κ2) is 11.6. The third-order valence-corrected chi connectivity index (χ3v) is 8.98. The normalized spacial score (nSPS) is 11.9. The van der Waals surface area contributed by atoms with E-state index in [1.807, 2.05) is 4.57 Å². The molecule has 0 bridgehead atoms. The van der Waals surface area contributed by atoms with Crippen LogP contribution in [0.3, 0.4) is 0 Å². The lowest BCUT2D eigenvalue weighted by Gasteiger charge is -2.09. The van der Waals surface area contributed by atoms with Gasteiger partial charge in [0.1, 0.15) is 0 Å². The van der Waals surface area contributed by atoms with Crippen LogP contribution < -0.4 is 0 Å². The molecule has 6 aromatic rings. The minimum Gasteiger partial charge on any atom is -0.318 e. The van der Waals surface area contributed by atoms with Gasteiger partial charge in [-0.2, -0.15) is 0 Å². The Balaban J connectivity index is 1.58. The summed E-state index contributed by atoms with van der Waals surface area (Å²) in [5, 5.41) is 16.2. The van der Waals surface area contributed by atoms with E-state index in [1.165, 1.54) is 37.3 Å². The van der Waals surface area contributed by atoms with Crippen molar-refractivity contribution in [1.29, 1.82) is 0 Å². The average molecular weight is 618 g/mol. The number of Topliss-reactive ketones (excluding diaryl/α,β-unsaturated/α-hetero) is 1. The molecule has 0 radical (unpaired) electrons. The Morgan fingerprint density at radius 3 is 1.96 bits per heavy atom. The molecule has 0 N–H and O–H groups in total. The van der Waals surface area contributed by atoms with Gasteiger partial charge in [0.05, 0.1) is 25.7 Å². The number of carbonyl (C=O) groups excluding carboxylic acids is 2. The Hall–Kier alpha value is -5.94. The summed E-state index contributed by atoms with van der Waals surface area (Å²) in [4.78, 5) is 41.2. The first-order valence-electron chi connectivity index (χ1n) is 13.6. The van der Waals surface area contributed by atoms with Crippen molar-refractivity contribution in [2.24, 2.45) is 5.16 Å². The van der Waals surface area contributed by atoms with E-state index in [4.69, 9.17) is 4.84 Å². The van der Waals surface area contributed by atoms with Crippen molar-refractivity contribution in [3.05, 3.63) is 143 Å². The van der Waals surface area contributed by atoms with E-state index in [9.17, 15) is 28.1 Å². The maximum atomic E-state index is 13.8. The van der Waals surface area contributed by atoms with Crippen LogP contribution in [-0.4, -0.2) is 35.4 Å². The zero-order valence-corrected chi connectivity index (χ0v) is 24.5. The van der Waals surface area contributed by atoms with Crippen LogP contribution in [0.1, 0.15) is 22.8 Å². The zero-order chi connectivity index (χ0) is 31.7. The first-order valence-corrected chi connectivity index (χ1v) is 15.1. The number of sulfone groups is 1. The number of rotatable bonds is 8. The van der Waals surface area contributed by atoms with E-state index < -0.39 is 26.5 Å². The van der Waals surface area contributed by atoms with E-state index in [-0.39, 0.29) is 26.8 Å². The monoisotopic (exact) mass is 617 g/mol. The number of nitrogens with zero attached hydrogens (tertiary/aromatic N) is 3.